The molecule has 2 atom stereocenters. The first-order valence-corrected chi connectivity index (χ1v) is 8.54. The maximum atomic E-state index is 6.17. The largest absolute Gasteiger partial charge is 0.496 e. The summed E-state index contributed by atoms with van der Waals surface area (Å²) >= 11 is 0. The number of pyridine rings is 1. The van der Waals surface area contributed by atoms with Crippen molar-refractivity contribution in [1.82, 2.24) is 9.47 Å². The highest BCUT2D eigenvalue weighted by Crippen LogP contribution is 2.52. The van der Waals surface area contributed by atoms with E-state index in [1.54, 1.807) is 0 Å². The van der Waals surface area contributed by atoms with Crippen LogP contribution in [0.2, 0.25) is 0 Å². The Kier molecular flexibility index (Phi) is 2.85. The molecular formula is C18H26BN2O2+. The van der Waals surface area contributed by atoms with Crippen LogP contribution in [0.4, 0.5) is 5.82 Å². The number of aromatic nitrogens is 1. The summed E-state index contributed by atoms with van der Waals surface area (Å²) in [7, 11) is -0.344. The Labute approximate surface area is 139 Å². The number of nitrogens with zero attached hydrogens (tertiary/aromatic N) is 2. The summed E-state index contributed by atoms with van der Waals surface area (Å²) in [6.45, 7) is 15.1. The third-order valence-corrected chi connectivity index (χ3v) is 6.57. The van der Waals surface area contributed by atoms with E-state index in [2.05, 4.69) is 60.7 Å². The second-order valence-electron chi connectivity index (χ2n) is 8.36. The summed E-state index contributed by atoms with van der Waals surface area (Å²) in [6, 6.07) is 3.43. The second-order valence-corrected chi connectivity index (χ2v) is 8.36. The Hall–Kier alpha value is -1.17. The van der Waals surface area contributed by atoms with Gasteiger partial charge in [-0.05, 0) is 54.5 Å². The van der Waals surface area contributed by atoms with Crippen molar-refractivity contribution in [3.63, 3.8) is 0 Å². The maximum absolute atomic E-state index is 6.17. The highest BCUT2D eigenvalue weighted by molar-refractivity contribution is 6.62. The first-order valence-electron chi connectivity index (χ1n) is 8.54. The van der Waals surface area contributed by atoms with Crippen LogP contribution >= 0.6 is 0 Å². The van der Waals surface area contributed by atoms with Crippen molar-refractivity contribution < 1.29 is 9.31 Å². The number of hydrogen-bond donors (Lipinski definition) is 0. The van der Waals surface area contributed by atoms with Crippen LogP contribution in [0.25, 0.3) is 5.57 Å². The van der Waals surface area contributed by atoms with Gasteiger partial charge < -0.3 is 9.31 Å². The predicted octanol–water partition coefficient (Wildman–Crippen LogP) is 2.85. The van der Waals surface area contributed by atoms with E-state index in [-0.39, 0.29) is 18.3 Å². The van der Waals surface area contributed by atoms with Gasteiger partial charge in [0.25, 0.3) is 0 Å². The van der Waals surface area contributed by atoms with Gasteiger partial charge in [0.15, 0.2) is 0 Å². The molecule has 1 spiro atoms. The minimum Gasteiger partial charge on any atom is -0.399 e. The van der Waals surface area contributed by atoms with E-state index in [4.69, 9.17) is 14.3 Å². The van der Waals surface area contributed by atoms with Crippen LogP contribution < -0.4 is 9.95 Å². The van der Waals surface area contributed by atoms with Crippen molar-refractivity contribution in [1.29, 1.82) is 0 Å². The van der Waals surface area contributed by atoms with E-state index in [9.17, 15) is 0 Å². The van der Waals surface area contributed by atoms with Gasteiger partial charge in [-0.2, -0.15) is 0 Å². The lowest BCUT2D eigenvalue weighted by Gasteiger charge is -2.32. The lowest BCUT2D eigenvalue weighted by Crippen LogP contribution is -2.41. The summed E-state index contributed by atoms with van der Waals surface area (Å²) in [5.41, 5.74) is 2.92. The highest BCUT2D eigenvalue weighted by atomic mass is 16.7. The molecule has 4 heterocycles. The van der Waals surface area contributed by atoms with E-state index >= 15 is 0 Å². The molecule has 0 radical (unpaired) electrons. The van der Waals surface area contributed by atoms with E-state index in [1.165, 1.54) is 17.0 Å². The molecule has 3 aliphatic rings. The van der Waals surface area contributed by atoms with Gasteiger partial charge >= 0.3 is 7.12 Å². The number of rotatable bonds is 1. The average Bonchev–Trinajstić information content (AvgIpc) is 2.77. The van der Waals surface area contributed by atoms with E-state index in [0.717, 1.165) is 9.95 Å². The Balaban J connectivity index is 1.71. The standard InChI is InChI=1S/C18H26BN2O2/c1-11-10-21(12(2)13(21)3)16-15(11)8-14(9-20-16)19-22-17(4,5)18(6,7)23-19/h8-10,12-13H,1-7H3/q+1. The average molecular weight is 313 g/mol. The van der Waals surface area contributed by atoms with Crippen LogP contribution in [-0.2, 0) is 9.31 Å². The Morgan fingerprint density at radius 1 is 1.09 bits per heavy atom. The number of fused-ring (bicyclic) bond motifs is 2. The first kappa shape index (κ1) is 15.4. The zero-order chi connectivity index (χ0) is 16.8. The zero-order valence-corrected chi connectivity index (χ0v) is 15.2. The normalized spacial score (nSPS) is 36.3. The molecule has 4 rings (SSSR count). The molecule has 122 valence electrons. The Morgan fingerprint density at radius 3 is 2.17 bits per heavy atom. The van der Waals surface area contributed by atoms with Gasteiger partial charge in [0.1, 0.15) is 18.3 Å². The topological polar surface area (TPSA) is 31.4 Å². The quantitative estimate of drug-likeness (QED) is 0.454. The first-order chi connectivity index (χ1) is 10.6. The third kappa shape index (κ3) is 1.81. The van der Waals surface area contributed by atoms with Crippen LogP contribution in [0.15, 0.2) is 18.5 Å². The van der Waals surface area contributed by atoms with Gasteiger partial charge in [-0.1, -0.05) is 0 Å². The number of allylic oxidation sites excluding steroid dienone is 1. The number of hydrogen-bond acceptors (Lipinski definition) is 3. The lowest BCUT2D eigenvalue weighted by molar-refractivity contribution is 0.00578. The molecule has 0 aromatic carbocycles. The summed E-state index contributed by atoms with van der Waals surface area (Å²) in [5.74, 6) is 1.18. The van der Waals surface area contributed by atoms with E-state index in [0.29, 0.717) is 12.1 Å². The summed E-state index contributed by atoms with van der Waals surface area (Å²) in [6.07, 6.45) is 4.30. The Morgan fingerprint density at radius 2 is 1.65 bits per heavy atom. The molecular weight excluding hydrogens is 287 g/mol. The molecule has 0 N–H and O–H groups in total. The fourth-order valence-electron chi connectivity index (χ4n) is 3.97. The lowest BCUT2D eigenvalue weighted by atomic mass is 9.79. The predicted molar refractivity (Wildman–Crippen MR) is 94.3 cm³/mol. The summed E-state index contributed by atoms with van der Waals surface area (Å²) < 4.78 is 13.2. The molecule has 1 aromatic rings. The molecule has 0 saturated carbocycles. The molecule has 2 unspecified atom stereocenters. The van der Waals surface area contributed by atoms with Crippen LogP contribution in [0.1, 0.15) is 54.0 Å². The summed E-state index contributed by atoms with van der Waals surface area (Å²) in [4.78, 5) is 4.83. The van der Waals surface area contributed by atoms with Crippen molar-refractivity contribution in [3.8, 4) is 0 Å². The van der Waals surface area contributed by atoms with Crippen molar-refractivity contribution in [2.75, 3.05) is 0 Å². The van der Waals surface area contributed by atoms with Crippen LogP contribution in [0.3, 0.4) is 0 Å². The molecule has 23 heavy (non-hydrogen) atoms. The van der Waals surface area contributed by atoms with Crippen LogP contribution in [0.5, 0.6) is 0 Å². The van der Waals surface area contributed by atoms with Crippen molar-refractivity contribution in [2.45, 2.75) is 71.8 Å². The smallest absolute Gasteiger partial charge is 0.399 e. The third-order valence-electron chi connectivity index (χ3n) is 6.57. The number of quaternary nitrogens is 1. The van der Waals surface area contributed by atoms with Crippen LogP contribution in [-0.4, -0.2) is 35.4 Å². The van der Waals surface area contributed by atoms with Gasteiger partial charge in [0.05, 0.1) is 16.8 Å². The molecule has 1 aromatic heterocycles. The van der Waals surface area contributed by atoms with Crippen molar-refractivity contribution >= 4 is 24.0 Å². The van der Waals surface area contributed by atoms with Gasteiger partial charge in [0, 0.05) is 17.2 Å². The molecule has 2 fully saturated rings. The Bertz CT molecular complexity index is 702. The van der Waals surface area contributed by atoms with Crippen molar-refractivity contribution in [3.05, 3.63) is 24.0 Å². The molecule has 3 aliphatic heterocycles. The second kappa shape index (κ2) is 4.27. The highest BCUT2D eigenvalue weighted by Gasteiger charge is 2.65. The van der Waals surface area contributed by atoms with Crippen molar-refractivity contribution in [2.24, 2.45) is 0 Å². The maximum Gasteiger partial charge on any atom is 0.496 e. The van der Waals surface area contributed by atoms with Gasteiger partial charge in [0.2, 0.25) is 5.82 Å². The minimum atomic E-state index is -0.344. The fourth-order valence-corrected chi connectivity index (χ4v) is 3.97. The fraction of sp³-hybridized carbons (Fsp3) is 0.611. The van der Waals surface area contributed by atoms with E-state index in [1.807, 2.05) is 6.20 Å². The van der Waals surface area contributed by atoms with Gasteiger partial charge in [-0.25, -0.2) is 9.47 Å². The summed E-state index contributed by atoms with van der Waals surface area (Å²) in [5, 5.41) is 0. The molecule has 0 amide bonds. The van der Waals surface area contributed by atoms with Crippen LogP contribution in [0, 0.1) is 0 Å². The SMILES string of the molecule is CC1=C[N+]2(c3ncc(B4OC(C)(C)C(C)(C)O4)cc31)C(C)C2C. The molecule has 5 heteroatoms. The monoisotopic (exact) mass is 313 g/mol. The molecule has 0 aliphatic carbocycles. The molecule has 4 nitrogen and oxygen atoms in total. The van der Waals surface area contributed by atoms with Gasteiger partial charge in [-0.15, -0.1) is 0 Å². The van der Waals surface area contributed by atoms with Gasteiger partial charge in [-0.3, -0.25) is 0 Å². The molecule has 2 saturated heterocycles. The minimum absolute atomic E-state index is 0.321. The van der Waals surface area contributed by atoms with E-state index < -0.39 is 0 Å². The molecule has 0 bridgehead atoms. The zero-order valence-electron chi connectivity index (χ0n) is 15.2.